The Kier molecular flexibility index (Phi) is 5.03. The van der Waals surface area contributed by atoms with E-state index in [0.29, 0.717) is 17.9 Å². The molecule has 25 heavy (non-hydrogen) atoms. The predicted molar refractivity (Wildman–Crippen MR) is 86.5 cm³/mol. The van der Waals surface area contributed by atoms with Gasteiger partial charge in [-0.25, -0.2) is 8.78 Å². The minimum Gasteiger partial charge on any atom is -0.460 e. The van der Waals surface area contributed by atoms with Crippen molar-refractivity contribution in [2.75, 3.05) is 5.32 Å². The number of nitrogens with zero attached hydrogens (tertiary/aromatic N) is 1. The molecule has 0 saturated heterocycles. The summed E-state index contributed by atoms with van der Waals surface area (Å²) in [6.45, 7) is 0.527. The molecule has 5 nitrogen and oxygen atoms in total. The molecule has 0 aliphatic carbocycles. The fourth-order valence-electron chi connectivity index (χ4n) is 2.27. The van der Waals surface area contributed by atoms with E-state index in [1.165, 1.54) is 12.1 Å². The van der Waals surface area contributed by atoms with Crippen molar-refractivity contribution >= 4 is 12.2 Å². The fraction of sp³-hybridized carbons (Fsp3) is 0.111. The van der Waals surface area contributed by atoms with Crippen molar-refractivity contribution in [2.24, 2.45) is 0 Å². The third-order valence-electron chi connectivity index (χ3n) is 3.55. The van der Waals surface area contributed by atoms with Gasteiger partial charge < -0.3 is 14.6 Å². The SMILES string of the molecule is O=COCc1cc(-c2ccc(NCc3cccc(F)c3F)cc2)no1. The van der Waals surface area contributed by atoms with Gasteiger partial charge >= 0.3 is 0 Å². The number of benzene rings is 2. The molecule has 128 valence electrons. The summed E-state index contributed by atoms with van der Waals surface area (Å²) >= 11 is 0. The number of hydrogen-bond acceptors (Lipinski definition) is 5. The van der Waals surface area contributed by atoms with Gasteiger partial charge in [-0.05, 0) is 18.2 Å². The first kappa shape index (κ1) is 16.6. The van der Waals surface area contributed by atoms with E-state index < -0.39 is 11.6 Å². The Morgan fingerprint density at radius 1 is 1.16 bits per heavy atom. The smallest absolute Gasteiger partial charge is 0.293 e. The zero-order valence-corrected chi connectivity index (χ0v) is 13.0. The summed E-state index contributed by atoms with van der Waals surface area (Å²) in [4.78, 5) is 10.2. The average molecular weight is 344 g/mol. The molecule has 0 fully saturated rings. The van der Waals surface area contributed by atoms with Crippen molar-refractivity contribution in [3.05, 3.63) is 71.5 Å². The topological polar surface area (TPSA) is 64.4 Å². The van der Waals surface area contributed by atoms with Crippen LogP contribution in [0.4, 0.5) is 14.5 Å². The quantitative estimate of drug-likeness (QED) is 0.659. The molecule has 2 aromatic carbocycles. The maximum absolute atomic E-state index is 13.6. The van der Waals surface area contributed by atoms with E-state index in [2.05, 4.69) is 15.2 Å². The van der Waals surface area contributed by atoms with Gasteiger partial charge in [-0.1, -0.05) is 29.4 Å². The van der Waals surface area contributed by atoms with Crippen LogP contribution in [0, 0.1) is 11.6 Å². The molecule has 7 heteroatoms. The molecule has 3 rings (SSSR count). The van der Waals surface area contributed by atoms with Crippen molar-refractivity contribution in [3.8, 4) is 11.3 Å². The van der Waals surface area contributed by atoms with Gasteiger partial charge in [0.1, 0.15) is 5.69 Å². The summed E-state index contributed by atoms with van der Waals surface area (Å²) in [5, 5.41) is 6.93. The molecule has 0 spiro atoms. The number of carbonyl (C=O) groups is 1. The van der Waals surface area contributed by atoms with Crippen LogP contribution < -0.4 is 5.32 Å². The summed E-state index contributed by atoms with van der Waals surface area (Å²) < 4.78 is 36.4. The van der Waals surface area contributed by atoms with Crippen molar-refractivity contribution < 1.29 is 22.8 Å². The lowest BCUT2D eigenvalue weighted by atomic mass is 10.1. The summed E-state index contributed by atoms with van der Waals surface area (Å²) in [6.07, 6.45) is 0. The van der Waals surface area contributed by atoms with Gasteiger partial charge in [0.15, 0.2) is 24.0 Å². The van der Waals surface area contributed by atoms with E-state index in [0.717, 1.165) is 17.3 Å². The van der Waals surface area contributed by atoms with Crippen LogP contribution in [0.5, 0.6) is 0 Å². The third-order valence-corrected chi connectivity index (χ3v) is 3.55. The Balaban J connectivity index is 1.65. The van der Waals surface area contributed by atoms with E-state index in [1.54, 1.807) is 18.2 Å². The number of carbonyl (C=O) groups excluding carboxylic acids is 1. The highest BCUT2D eigenvalue weighted by Gasteiger charge is 2.09. The molecule has 1 aromatic heterocycles. The van der Waals surface area contributed by atoms with Gasteiger partial charge in [0.2, 0.25) is 0 Å². The van der Waals surface area contributed by atoms with Gasteiger partial charge in [0.05, 0.1) is 0 Å². The third kappa shape index (κ3) is 4.00. The van der Waals surface area contributed by atoms with Crippen LogP contribution in [0.2, 0.25) is 0 Å². The van der Waals surface area contributed by atoms with Crippen LogP contribution in [0.15, 0.2) is 53.1 Å². The molecule has 3 aromatic rings. The highest BCUT2D eigenvalue weighted by molar-refractivity contribution is 5.62. The minimum absolute atomic E-state index is 0.0232. The Labute approximate surface area is 142 Å². The normalized spacial score (nSPS) is 10.5. The monoisotopic (exact) mass is 344 g/mol. The van der Waals surface area contributed by atoms with Crippen LogP contribution >= 0.6 is 0 Å². The number of anilines is 1. The maximum atomic E-state index is 13.6. The van der Waals surface area contributed by atoms with Gasteiger partial charge in [-0.2, -0.15) is 0 Å². The first-order chi connectivity index (χ1) is 12.2. The fourth-order valence-corrected chi connectivity index (χ4v) is 2.27. The average Bonchev–Trinajstić information content (AvgIpc) is 3.10. The lowest BCUT2D eigenvalue weighted by Crippen LogP contribution is -2.03. The highest BCUT2D eigenvalue weighted by atomic mass is 19.2. The Hall–Kier alpha value is -3.22. The van der Waals surface area contributed by atoms with Gasteiger partial charge in [0, 0.05) is 29.4 Å². The predicted octanol–water partition coefficient (Wildman–Crippen LogP) is 3.90. The van der Waals surface area contributed by atoms with Crippen LogP contribution in [-0.2, 0) is 22.7 Å². The molecule has 0 amide bonds. The summed E-state index contributed by atoms with van der Waals surface area (Å²) in [6, 6.07) is 13.0. The molecular weight excluding hydrogens is 330 g/mol. The van der Waals surface area contributed by atoms with E-state index in [1.807, 2.05) is 12.1 Å². The molecule has 0 aliphatic rings. The first-order valence-electron chi connectivity index (χ1n) is 7.45. The molecular formula is C18H14F2N2O3. The molecule has 0 bridgehead atoms. The summed E-state index contributed by atoms with van der Waals surface area (Å²) in [7, 11) is 0. The Bertz CT molecular complexity index is 863. The van der Waals surface area contributed by atoms with Crippen molar-refractivity contribution in [3.63, 3.8) is 0 Å². The van der Waals surface area contributed by atoms with Crippen molar-refractivity contribution in [1.82, 2.24) is 5.16 Å². The summed E-state index contributed by atoms with van der Waals surface area (Å²) in [5.41, 5.74) is 2.41. The van der Waals surface area contributed by atoms with Gasteiger partial charge in [-0.3, -0.25) is 4.79 Å². The number of halogens is 2. The Morgan fingerprint density at radius 2 is 1.96 bits per heavy atom. The molecule has 0 radical (unpaired) electrons. The number of nitrogens with one attached hydrogen (secondary N) is 1. The number of rotatable bonds is 7. The zero-order chi connectivity index (χ0) is 17.6. The van der Waals surface area contributed by atoms with Gasteiger partial charge in [0.25, 0.3) is 6.47 Å². The highest BCUT2D eigenvalue weighted by Crippen LogP contribution is 2.22. The number of aromatic nitrogens is 1. The van der Waals surface area contributed by atoms with E-state index >= 15 is 0 Å². The lowest BCUT2D eigenvalue weighted by molar-refractivity contribution is -0.130. The van der Waals surface area contributed by atoms with Crippen molar-refractivity contribution in [2.45, 2.75) is 13.2 Å². The molecule has 1 heterocycles. The maximum Gasteiger partial charge on any atom is 0.293 e. The lowest BCUT2D eigenvalue weighted by Gasteiger charge is -2.08. The Morgan fingerprint density at radius 3 is 2.72 bits per heavy atom. The molecule has 0 unspecified atom stereocenters. The van der Waals surface area contributed by atoms with E-state index in [9.17, 15) is 13.6 Å². The molecule has 0 aliphatic heterocycles. The summed E-state index contributed by atoms with van der Waals surface area (Å²) in [5.74, 6) is -1.28. The van der Waals surface area contributed by atoms with E-state index in [4.69, 9.17) is 4.52 Å². The second-order valence-electron chi connectivity index (χ2n) is 5.23. The zero-order valence-electron chi connectivity index (χ0n) is 13.0. The second kappa shape index (κ2) is 7.57. The van der Waals surface area contributed by atoms with Crippen LogP contribution in [0.25, 0.3) is 11.3 Å². The largest absolute Gasteiger partial charge is 0.460 e. The van der Waals surface area contributed by atoms with Crippen LogP contribution in [0.3, 0.4) is 0 Å². The first-order valence-corrected chi connectivity index (χ1v) is 7.45. The van der Waals surface area contributed by atoms with Gasteiger partial charge in [-0.15, -0.1) is 0 Å². The van der Waals surface area contributed by atoms with E-state index in [-0.39, 0.29) is 18.7 Å². The number of ether oxygens (including phenoxy) is 1. The van der Waals surface area contributed by atoms with Crippen LogP contribution in [0.1, 0.15) is 11.3 Å². The number of hydrogen-bond donors (Lipinski definition) is 1. The molecule has 0 atom stereocenters. The van der Waals surface area contributed by atoms with Crippen molar-refractivity contribution in [1.29, 1.82) is 0 Å². The molecule has 1 N–H and O–H groups in total. The van der Waals surface area contributed by atoms with Crippen LogP contribution in [-0.4, -0.2) is 11.6 Å². The second-order valence-corrected chi connectivity index (χ2v) is 5.23. The minimum atomic E-state index is -0.866. The standard InChI is InChI=1S/C18H14F2N2O3/c19-16-3-1-2-13(18(16)20)9-21-14-6-4-12(5-7-14)17-8-15(25-22-17)10-24-11-23/h1-8,11,21H,9-10H2. The molecule has 0 saturated carbocycles.